The number of nitrogens with zero attached hydrogens (tertiary/aromatic N) is 2. The van der Waals surface area contributed by atoms with Crippen molar-refractivity contribution in [1.82, 2.24) is 4.57 Å². The summed E-state index contributed by atoms with van der Waals surface area (Å²) in [5.74, 6) is 1.97. The van der Waals surface area contributed by atoms with Crippen molar-refractivity contribution >= 4 is 81.1 Å². The molecule has 0 radical (unpaired) electrons. The van der Waals surface area contributed by atoms with Crippen molar-refractivity contribution in [2.24, 2.45) is 17.8 Å². The standard InChI is InChI=1S/C56H44N2S/c1-35-30-39-14-11-15-40(31-35)56(39)48-19-6-8-21-52(48)58-51-20-7-4-17-44(51)47-33-42(34-49(56)55(47)58)57(50-22-10-13-37-12-2-3-16-43(37)50)41-27-24-36(25-28-41)38-26-29-46-45-18-5-9-23-53(45)59-54(46)32-38/h2-10,12-13,16-29,32-35,39-40H,11,14-15,30-31H2,1H3/t35-,39-,40+,56?. The minimum Gasteiger partial charge on any atom is -0.310 e. The van der Waals surface area contributed by atoms with Gasteiger partial charge in [-0.15, -0.1) is 11.3 Å². The van der Waals surface area contributed by atoms with Gasteiger partial charge in [0.1, 0.15) is 0 Å². The number of anilines is 3. The van der Waals surface area contributed by atoms with Gasteiger partial charge in [0.05, 0.1) is 22.4 Å². The summed E-state index contributed by atoms with van der Waals surface area (Å²) in [5.41, 5.74) is 13.3. The fourth-order valence-corrected chi connectivity index (χ4v) is 13.6. The first-order valence-corrected chi connectivity index (χ1v) is 22.4. The molecule has 4 atom stereocenters. The smallest absolute Gasteiger partial charge is 0.0584 e. The SMILES string of the molecule is C[C@@H]1C[C@H]2CCC[C@@H](C1)C21c2ccccc2-n2c3ccccc3c3cc(N(c4ccc(-c5ccc6c(c5)sc5ccccc56)cc4)c4cccc5ccccc45)cc1c32. The lowest BCUT2D eigenvalue weighted by Gasteiger charge is -2.57. The van der Waals surface area contributed by atoms with Gasteiger partial charge in [-0.2, -0.15) is 0 Å². The third-order valence-corrected chi connectivity index (χ3v) is 15.8. The van der Waals surface area contributed by atoms with Crippen LogP contribution in [0.3, 0.4) is 0 Å². The van der Waals surface area contributed by atoms with Gasteiger partial charge in [0.2, 0.25) is 0 Å². The summed E-state index contributed by atoms with van der Waals surface area (Å²) in [7, 11) is 0. The number of benzene rings is 8. The van der Waals surface area contributed by atoms with Gasteiger partial charge in [-0.1, -0.05) is 129 Å². The maximum absolute atomic E-state index is 2.65. The average molecular weight is 777 g/mol. The van der Waals surface area contributed by atoms with Gasteiger partial charge in [-0.3, -0.25) is 0 Å². The van der Waals surface area contributed by atoms with Crippen molar-refractivity contribution in [3.63, 3.8) is 0 Å². The van der Waals surface area contributed by atoms with Crippen molar-refractivity contribution in [2.45, 2.75) is 44.4 Å². The summed E-state index contributed by atoms with van der Waals surface area (Å²) in [4.78, 5) is 2.57. The van der Waals surface area contributed by atoms with Crippen molar-refractivity contribution in [3.8, 4) is 16.8 Å². The number of hydrogen-bond acceptors (Lipinski definition) is 2. The summed E-state index contributed by atoms with van der Waals surface area (Å²) in [5, 5.41) is 7.88. The number of rotatable bonds is 4. The molecule has 2 fully saturated rings. The molecule has 13 rings (SSSR count). The third kappa shape index (κ3) is 4.74. The van der Waals surface area contributed by atoms with Gasteiger partial charge in [0.25, 0.3) is 0 Å². The zero-order chi connectivity index (χ0) is 38.8. The van der Waals surface area contributed by atoms with Crippen molar-refractivity contribution < 1.29 is 0 Å². The molecule has 59 heavy (non-hydrogen) atoms. The van der Waals surface area contributed by atoms with E-state index in [1.54, 1.807) is 11.1 Å². The van der Waals surface area contributed by atoms with Crippen LogP contribution in [0.25, 0.3) is 69.6 Å². The number of para-hydroxylation sites is 2. The zero-order valence-corrected chi connectivity index (χ0v) is 34.1. The van der Waals surface area contributed by atoms with Gasteiger partial charge in [0, 0.05) is 53.1 Å². The Bertz CT molecular complexity index is 3290. The van der Waals surface area contributed by atoms with Crippen LogP contribution in [0.1, 0.15) is 50.2 Å². The normalized spacial score (nSPS) is 20.9. The van der Waals surface area contributed by atoms with Crippen molar-refractivity contribution in [1.29, 1.82) is 0 Å². The molecule has 1 spiro atoms. The Morgan fingerprint density at radius 3 is 2.10 bits per heavy atom. The second-order valence-electron chi connectivity index (χ2n) is 17.7. The van der Waals surface area contributed by atoms with Gasteiger partial charge in [0.15, 0.2) is 0 Å². The summed E-state index contributed by atoms with van der Waals surface area (Å²) < 4.78 is 5.31. The van der Waals surface area contributed by atoms with E-state index in [0.29, 0.717) is 11.8 Å². The average Bonchev–Trinajstić information content (AvgIpc) is 3.82. The van der Waals surface area contributed by atoms with E-state index in [1.165, 1.54) is 119 Å². The van der Waals surface area contributed by atoms with Crippen LogP contribution in [0, 0.1) is 17.8 Å². The highest BCUT2D eigenvalue weighted by molar-refractivity contribution is 7.25. The fourth-order valence-electron chi connectivity index (χ4n) is 12.4. The van der Waals surface area contributed by atoms with E-state index in [-0.39, 0.29) is 5.41 Å². The van der Waals surface area contributed by atoms with E-state index in [0.717, 1.165) is 5.92 Å². The highest BCUT2D eigenvalue weighted by atomic mass is 32.1. The summed E-state index contributed by atoms with van der Waals surface area (Å²) in [6.07, 6.45) is 6.51. The molecule has 0 amide bonds. The van der Waals surface area contributed by atoms with E-state index in [2.05, 4.69) is 186 Å². The number of aromatic nitrogens is 1. The molecule has 3 heterocycles. The predicted molar refractivity (Wildman–Crippen MR) is 251 cm³/mol. The molecular weight excluding hydrogens is 733 g/mol. The summed E-state index contributed by atoms with van der Waals surface area (Å²) >= 11 is 1.89. The number of thiophene rings is 1. The topological polar surface area (TPSA) is 8.17 Å². The molecule has 1 unspecified atom stereocenters. The Hall–Kier alpha value is -6.16. The highest BCUT2D eigenvalue weighted by Crippen LogP contribution is 2.64. The third-order valence-electron chi connectivity index (χ3n) is 14.7. The minimum absolute atomic E-state index is 0.0283. The molecule has 2 nitrogen and oxygen atoms in total. The summed E-state index contributed by atoms with van der Waals surface area (Å²) in [6, 6.07) is 64.7. The lowest BCUT2D eigenvalue weighted by molar-refractivity contribution is 0.0533. The van der Waals surface area contributed by atoms with Gasteiger partial charge in [-0.05, 0) is 126 Å². The maximum Gasteiger partial charge on any atom is 0.0584 e. The Labute approximate surface area is 349 Å². The number of fused-ring (bicyclic) bond motifs is 9. The first kappa shape index (κ1) is 33.8. The molecule has 8 aromatic carbocycles. The highest BCUT2D eigenvalue weighted by Gasteiger charge is 2.56. The van der Waals surface area contributed by atoms with Crippen LogP contribution in [-0.4, -0.2) is 4.57 Å². The lowest BCUT2D eigenvalue weighted by atomic mass is 9.47. The Kier molecular flexibility index (Phi) is 7.25. The van der Waals surface area contributed by atoms with Gasteiger partial charge >= 0.3 is 0 Å². The van der Waals surface area contributed by atoms with E-state index in [1.807, 2.05) is 11.3 Å². The molecule has 2 aliphatic carbocycles. The van der Waals surface area contributed by atoms with E-state index in [4.69, 9.17) is 0 Å². The predicted octanol–water partition coefficient (Wildman–Crippen LogP) is 15.9. The molecule has 0 saturated heterocycles. The quantitative estimate of drug-likeness (QED) is 0.173. The van der Waals surface area contributed by atoms with E-state index >= 15 is 0 Å². The van der Waals surface area contributed by atoms with Crippen LogP contribution < -0.4 is 4.90 Å². The number of hydrogen-bond donors (Lipinski definition) is 0. The Balaban J connectivity index is 1.07. The lowest BCUT2D eigenvalue weighted by Crippen LogP contribution is -2.52. The van der Waals surface area contributed by atoms with Gasteiger partial charge < -0.3 is 9.47 Å². The molecule has 2 saturated carbocycles. The molecule has 2 bridgehead atoms. The first-order valence-electron chi connectivity index (χ1n) is 21.6. The van der Waals surface area contributed by atoms with E-state index in [9.17, 15) is 0 Å². The second kappa shape index (κ2) is 12.7. The first-order chi connectivity index (χ1) is 29.1. The van der Waals surface area contributed by atoms with Crippen LogP contribution in [0.2, 0.25) is 0 Å². The molecule has 3 heteroatoms. The molecule has 284 valence electrons. The van der Waals surface area contributed by atoms with Crippen LogP contribution in [-0.2, 0) is 5.41 Å². The van der Waals surface area contributed by atoms with E-state index < -0.39 is 0 Å². The van der Waals surface area contributed by atoms with Crippen LogP contribution in [0.15, 0.2) is 170 Å². The van der Waals surface area contributed by atoms with Crippen molar-refractivity contribution in [3.05, 3.63) is 181 Å². The van der Waals surface area contributed by atoms with Crippen LogP contribution in [0.5, 0.6) is 0 Å². The molecular formula is C56H44N2S. The molecule has 1 aliphatic heterocycles. The molecule has 0 N–H and O–H groups in total. The Morgan fingerprint density at radius 1 is 0.542 bits per heavy atom. The zero-order valence-electron chi connectivity index (χ0n) is 33.2. The minimum atomic E-state index is -0.0283. The van der Waals surface area contributed by atoms with Crippen molar-refractivity contribution in [2.75, 3.05) is 4.90 Å². The molecule has 2 aromatic heterocycles. The second-order valence-corrected chi connectivity index (χ2v) is 18.8. The Morgan fingerprint density at radius 2 is 1.24 bits per heavy atom. The monoisotopic (exact) mass is 776 g/mol. The largest absolute Gasteiger partial charge is 0.310 e. The fraction of sp³-hybridized carbons (Fsp3) is 0.179. The summed E-state index contributed by atoms with van der Waals surface area (Å²) in [6.45, 7) is 2.52. The van der Waals surface area contributed by atoms with Crippen LogP contribution in [0.4, 0.5) is 17.1 Å². The maximum atomic E-state index is 2.65. The molecule has 10 aromatic rings. The molecule has 3 aliphatic rings. The van der Waals surface area contributed by atoms with Gasteiger partial charge in [-0.25, -0.2) is 0 Å². The van der Waals surface area contributed by atoms with Crippen LogP contribution >= 0.6 is 11.3 Å².